The number of nitrogens with zero attached hydrogens (tertiary/aromatic N) is 5. The average molecular weight is 267 g/mol. The number of rotatable bonds is 4. The van der Waals surface area contributed by atoms with Gasteiger partial charge in [0.15, 0.2) is 11.0 Å². The largest absolute Gasteiger partial charge is 0.481 e. The summed E-state index contributed by atoms with van der Waals surface area (Å²) in [6.45, 7) is 1.95. The van der Waals surface area contributed by atoms with Crippen LogP contribution in [-0.4, -0.2) is 41.4 Å². The molecule has 0 amide bonds. The van der Waals surface area contributed by atoms with Crippen LogP contribution in [0.1, 0.15) is 5.69 Å². The van der Waals surface area contributed by atoms with E-state index in [1.807, 2.05) is 20.0 Å². The normalized spacial score (nSPS) is 10.8. The number of aryl methyl sites for hydroxylation is 2. The minimum absolute atomic E-state index is 0.0345. The zero-order valence-corrected chi connectivity index (χ0v) is 11.1. The van der Waals surface area contributed by atoms with Crippen LogP contribution >= 0.6 is 11.8 Å². The van der Waals surface area contributed by atoms with E-state index in [0.29, 0.717) is 11.0 Å². The van der Waals surface area contributed by atoms with Gasteiger partial charge in [-0.3, -0.25) is 9.48 Å². The molecule has 2 aromatic heterocycles. The van der Waals surface area contributed by atoms with Crippen LogP contribution in [0.2, 0.25) is 0 Å². The van der Waals surface area contributed by atoms with Crippen molar-refractivity contribution in [2.24, 2.45) is 14.1 Å². The van der Waals surface area contributed by atoms with E-state index in [4.69, 9.17) is 5.11 Å². The number of aromatic nitrogens is 5. The van der Waals surface area contributed by atoms with Gasteiger partial charge in [0.25, 0.3) is 0 Å². The van der Waals surface area contributed by atoms with Crippen molar-refractivity contribution in [2.45, 2.75) is 12.1 Å². The predicted molar refractivity (Wildman–Crippen MR) is 66.3 cm³/mol. The minimum Gasteiger partial charge on any atom is -0.481 e. The molecular weight excluding hydrogens is 254 g/mol. The number of hydrogen-bond donors (Lipinski definition) is 1. The highest BCUT2D eigenvalue weighted by atomic mass is 32.2. The van der Waals surface area contributed by atoms with Crippen LogP contribution in [0.15, 0.2) is 11.2 Å². The fraction of sp³-hybridized carbons (Fsp3) is 0.400. The molecule has 0 aliphatic rings. The van der Waals surface area contributed by atoms with Gasteiger partial charge in [0.05, 0.1) is 5.75 Å². The van der Waals surface area contributed by atoms with Crippen molar-refractivity contribution >= 4 is 17.7 Å². The Morgan fingerprint density at radius 2 is 2.17 bits per heavy atom. The summed E-state index contributed by atoms with van der Waals surface area (Å²) in [5, 5.41) is 21.5. The van der Waals surface area contributed by atoms with Gasteiger partial charge < -0.3 is 9.67 Å². The zero-order chi connectivity index (χ0) is 13.3. The summed E-state index contributed by atoms with van der Waals surface area (Å²) in [5.41, 5.74) is 1.75. The van der Waals surface area contributed by atoms with Crippen LogP contribution in [0.25, 0.3) is 11.5 Å². The molecule has 0 atom stereocenters. The van der Waals surface area contributed by atoms with E-state index in [9.17, 15) is 4.79 Å². The van der Waals surface area contributed by atoms with E-state index in [0.717, 1.165) is 23.1 Å². The third-order valence-electron chi connectivity index (χ3n) is 2.50. The SMILES string of the molecule is Cc1cc(-c2nnc(SCC(=O)O)n2C)nn1C. The Kier molecular flexibility index (Phi) is 3.37. The van der Waals surface area contributed by atoms with Crippen molar-refractivity contribution in [3.63, 3.8) is 0 Å². The van der Waals surface area contributed by atoms with Gasteiger partial charge in [-0.25, -0.2) is 0 Å². The summed E-state index contributed by atoms with van der Waals surface area (Å²) in [6, 6.07) is 1.91. The second-order valence-corrected chi connectivity index (χ2v) is 4.78. The van der Waals surface area contributed by atoms with E-state index in [2.05, 4.69) is 15.3 Å². The molecule has 0 radical (unpaired) electrons. The lowest BCUT2D eigenvalue weighted by molar-refractivity contribution is -0.133. The summed E-state index contributed by atoms with van der Waals surface area (Å²) in [6.07, 6.45) is 0. The van der Waals surface area contributed by atoms with Gasteiger partial charge in [-0.05, 0) is 13.0 Å². The quantitative estimate of drug-likeness (QED) is 0.821. The molecule has 0 saturated carbocycles. The van der Waals surface area contributed by atoms with Crippen molar-refractivity contribution in [1.29, 1.82) is 0 Å². The molecular formula is C10H13N5O2S. The molecule has 1 N–H and O–H groups in total. The van der Waals surface area contributed by atoms with Crippen LogP contribution in [0.3, 0.4) is 0 Å². The summed E-state index contributed by atoms with van der Waals surface area (Å²) < 4.78 is 3.50. The van der Waals surface area contributed by atoms with Crippen molar-refractivity contribution in [1.82, 2.24) is 24.5 Å². The first-order valence-electron chi connectivity index (χ1n) is 5.24. The lowest BCUT2D eigenvalue weighted by atomic mass is 10.3. The van der Waals surface area contributed by atoms with Crippen molar-refractivity contribution in [2.75, 3.05) is 5.75 Å². The molecule has 18 heavy (non-hydrogen) atoms. The highest BCUT2D eigenvalue weighted by molar-refractivity contribution is 7.99. The zero-order valence-electron chi connectivity index (χ0n) is 10.3. The molecule has 2 rings (SSSR count). The number of hydrogen-bond acceptors (Lipinski definition) is 5. The number of thioether (sulfide) groups is 1. The Morgan fingerprint density at radius 3 is 2.72 bits per heavy atom. The second kappa shape index (κ2) is 4.81. The first kappa shape index (κ1) is 12.6. The number of carbonyl (C=O) groups is 1. The average Bonchev–Trinajstić information content (AvgIpc) is 2.81. The Balaban J connectivity index is 2.27. The third-order valence-corrected chi connectivity index (χ3v) is 3.51. The Hall–Kier alpha value is -1.83. The maximum Gasteiger partial charge on any atom is 0.313 e. The van der Waals surface area contributed by atoms with Gasteiger partial charge in [-0.2, -0.15) is 5.10 Å². The number of aliphatic carboxylic acids is 1. The van der Waals surface area contributed by atoms with Crippen LogP contribution in [0, 0.1) is 6.92 Å². The lowest BCUT2D eigenvalue weighted by Gasteiger charge is -1.99. The van der Waals surface area contributed by atoms with Gasteiger partial charge in [-0.1, -0.05) is 11.8 Å². The predicted octanol–water partition coefficient (Wildman–Crippen LogP) is 0.701. The summed E-state index contributed by atoms with van der Waals surface area (Å²) in [7, 11) is 3.65. The first-order chi connectivity index (χ1) is 8.49. The number of carboxylic acid groups (broad SMARTS) is 1. The summed E-state index contributed by atoms with van der Waals surface area (Å²) in [5.74, 6) is -0.280. The maximum atomic E-state index is 10.5. The van der Waals surface area contributed by atoms with Crippen molar-refractivity contribution in [3.8, 4) is 11.5 Å². The van der Waals surface area contributed by atoms with Gasteiger partial charge in [0.1, 0.15) is 5.69 Å². The maximum absolute atomic E-state index is 10.5. The molecule has 7 nitrogen and oxygen atoms in total. The fourth-order valence-corrected chi connectivity index (χ4v) is 2.09. The van der Waals surface area contributed by atoms with Crippen LogP contribution in [0.5, 0.6) is 0 Å². The molecule has 0 spiro atoms. The Morgan fingerprint density at radius 1 is 1.44 bits per heavy atom. The van der Waals surface area contributed by atoms with Crippen LogP contribution < -0.4 is 0 Å². The molecule has 2 aromatic rings. The van der Waals surface area contributed by atoms with Crippen LogP contribution in [-0.2, 0) is 18.9 Å². The fourth-order valence-electron chi connectivity index (χ4n) is 1.46. The molecule has 96 valence electrons. The molecule has 0 saturated heterocycles. The second-order valence-electron chi connectivity index (χ2n) is 3.84. The van der Waals surface area contributed by atoms with Crippen molar-refractivity contribution in [3.05, 3.63) is 11.8 Å². The lowest BCUT2D eigenvalue weighted by Crippen LogP contribution is -2.01. The van der Waals surface area contributed by atoms with Gasteiger partial charge in [-0.15, -0.1) is 10.2 Å². The summed E-state index contributed by atoms with van der Waals surface area (Å²) in [4.78, 5) is 10.5. The molecule has 0 aliphatic heterocycles. The van der Waals surface area contributed by atoms with Crippen molar-refractivity contribution < 1.29 is 9.90 Å². The molecule has 0 aliphatic carbocycles. The Bertz CT molecular complexity index is 570. The molecule has 0 unspecified atom stereocenters. The molecule has 0 fully saturated rings. The number of carboxylic acids is 1. The Labute approximate surface area is 108 Å². The van der Waals surface area contributed by atoms with E-state index in [-0.39, 0.29) is 5.75 Å². The highest BCUT2D eigenvalue weighted by Crippen LogP contribution is 2.21. The molecule has 0 aromatic carbocycles. The van der Waals surface area contributed by atoms with E-state index < -0.39 is 5.97 Å². The molecule has 8 heteroatoms. The topological polar surface area (TPSA) is 85.8 Å². The van der Waals surface area contributed by atoms with E-state index in [1.54, 1.807) is 16.3 Å². The standard InChI is InChI=1S/C10H13N5O2S/c1-6-4-7(13-15(6)3)9-11-12-10(14(9)2)18-5-8(16)17/h4H,5H2,1-3H3,(H,16,17). The first-order valence-corrected chi connectivity index (χ1v) is 6.22. The van der Waals surface area contributed by atoms with Gasteiger partial charge in [0, 0.05) is 19.8 Å². The third kappa shape index (κ3) is 2.37. The van der Waals surface area contributed by atoms with Gasteiger partial charge >= 0.3 is 5.97 Å². The van der Waals surface area contributed by atoms with Gasteiger partial charge in [0.2, 0.25) is 0 Å². The monoisotopic (exact) mass is 267 g/mol. The van der Waals surface area contributed by atoms with Crippen LogP contribution in [0.4, 0.5) is 0 Å². The molecule has 0 bridgehead atoms. The summed E-state index contributed by atoms with van der Waals surface area (Å²) >= 11 is 1.14. The molecule has 2 heterocycles. The van der Waals surface area contributed by atoms with E-state index >= 15 is 0 Å². The highest BCUT2D eigenvalue weighted by Gasteiger charge is 2.15. The minimum atomic E-state index is -0.877. The van der Waals surface area contributed by atoms with E-state index in [1.165, 1.54) is 0 Å². The smallest absolute Gasteiger partial charge is 0.313 e.